The van der Waals surface area contributed by atoms with Gasteiger partial charge in [-0.05, 0) is 32.1 Å². The third-order valence-electron chi connectivity index (χ3n) is 2.54. The van der Waals surface area contributed by atoms with Crippen LogP contribution in [0.5, 0.6) is 0 Å². The number of rotatable bonds is 3. The van der Waals surface area contributed by atoms with Gasteiger partial charge in [-0.25, -0.2) is 4.79 Å². The lowest BCUT2D eigenvalue weighted by Crippen LogP contribution is -2.54. The highest BCUT2D eigenvalue weighted by Gasteiger charge is 2.32. The highest BCUT2D eigenvalue weighted by Crippen LogP contribution is 2.30. The van der Waals surface area contributed by atoms with Crippen LogP contribution in [0, 0.1) is 5.92 Å². The van der Waals surface area contributed by atoms with Crippen LogP contribution in [0.4, 0.5) is 4.79 Å². The van der Waals surface area contributed by atoms with E-state index in [1.54, 1.807) is 0 Å². The molecule has 76 valence electrons. The van der Waals surface area contributed by atoms with E-state index in [0.717, 1.165) is 19.4 Å². The summed E-state index contributed by atoms with van der Waals surface area (Å²) >= 11 is 0. The summed E-state index contributed by atoms with van der Waals surface area (Å²) in [6.07, 6.45) is 3.46. The van der Waals surface area contributed by atoms with E-state index >= 15 is 0 Å². The van der Waals surface area contributed by atoms with Crippen LogP contribution in [0.3, 0.4) is 0 Å². The van der Waals surface area contributed by atoms with Crippen molar-refractivity contribution in [3.05, 3.63) is 0 Å². The third-order valence-corrected chi connectivity index (χ3v) is 2.54. The summed E-state index contributed by atoms with van der Waals surface area (Å²) in [5.41, 5.74) is 0.0705. The van der Waals surface area contributed by atoms with E-state index < -0.39 is 0 Å². The number of nitrogens with one attached hydrogen (secondary N) is 2. The Balaban J connectivity index is 2.17. The van der Waals surface area contributed by atoms with Crippen LogP contribution < -0.4 is 10.6 Å². The first-order valence-electron chi connectivity index (χ1n) is 5.08. The van der Waals surface area contributed by atoms with Gasteiger partial charge in [-0.3, -0.25) is 0 Å². The number of hydrogen-bond acceptors (Lipinski definition) is 1. The highest BCUT2D eigenvalue weighted by atomic mass is 16.2. The third kappa shape index (κ3) is 3.25. The predicted molar refractivity (Wildman–Crippen MR) is 53.6 cm³/mol. The van der Waals surface area contributed by atoms with Gasteiger partial charge in [0.05, 0.1) is 0 Å². The number of amides is 2. The Hall–Kier alpha value is -0.730. The van der Waals surface area contributed by atoms with Gasteiger partial charge in [-0.15, -0.1) is 0 Å². The van der Waals surface area contributed by atoms with Crippen LogP contribution in [0.2, 0.25) is 0 Å². The van der Waals surface area contributed by atoms with Gasteiger partial charge >= 0.3 is 6.03 Å². The second-order valence-electron chi connectivity index (χ2n) is 4.64. The molecule has 13 heavy (non-hydrogen) atoms. The van der Waals surface area contributed by atoms with Crippen molar-refractivity contribution in [2.45, 2.75) is 45.6 Å². The molecular weight excluding hydrogens is 164 g/mol. The molecule has 0 aromatic heterocycles. The molecule has 1 aliphatic rings. The van der Waals surface area contributed by atoms with Crippen LogP contribution in [0.25, 0.3) is 0 Å². The van der Waals surface area contributed by atoms with E-state index in [2.05, 4.69) is 31.4 Å². The minimum absolute atomic E-state index is 0.0177. The van der Waals surface area contributed by atoms with E-state index in [0.29, 0.717) is 5.92 Å². The summed E-state index contributed by atoms with van der Waals surface area (Å²) in [7, 11) is 0. The average Bonchev–Trinajstić information content (AvgIpc) is 1.98. The molecule has 0 bridgehead atoms. The molecular formula is C10H20N2O. The quantitative estimate of drug-likeness (QED) is 0.691. The maximum atomic E-state index is 11.3. The van der Waals surface area contributed by atoms with Crippen molar-refractivity contribution >= 4 is 6.03 Å². The molecule has 1 saturated carbocycles. The Kier molecular flexibility index (Phi) is 3.17. The zero-order valence-electron chi connectivity index (χ0n) is 8.81. The molecule has 2 amide bonds. The molecule has 1 rings (SSSR count). The lowest BCUT2D eigenvalue weighted by molar-refractivity contribution is 0.190. The van der Waals surface area contributed by atoms with E-state index in [1.165, 1.54) is 6.42 Å². The fraction of sp³-hybridized carbons (Fsp3) is 0.900. The molecule has 2 N–H and O–H groups in total. The molecule has 1 fully saturated rings. The van der Waals surface area contributed by atoms with Gasteiger partial charge in [-0.2, -0.15) is 0 Å². The monoisotopic (exact) mass is 184 g/mol. The second-order valence-corrected chi connectivity index (χ2v) is 4.64. The molecule has 3 nitrogen and oxygen atoms in total. The lowest BCUT2D eigenvalue weighted by atomic mass is 9.79. The molecule has 0 radical (unpaired) electrons. The Morgan fingerprint density at radius 2 is 2.08 bits per heavy atom. The van der Waals surface area contributed by atoms with E-state index in [-0.39, 0.29) is 11.6 Å². The Labute approximate surface area is 80.3 Å². The summed E-state index contributed by atoms with van der Waals surface area (Å²) in [5.74, 6) is 0.514. The van der Waals surface area contributed by atoms with Crippen LogP contribution in [0.1, 0.15) is 40.0 Å². The first-order chi connectivity index (χ1) is 6.02. The first-order valence-corrected chi connectivity index (χ1v) is 5.08. The smallest absolute Gasteiger partial charge is 0.315 e. The van der Waals surface area contributed by atoms with Crippen molar-refractivity contribution in [1.82, 2.24) is 10.6 Å². The normalized spacial score (nSPS) is 19.4. The maximum absolute atomic E-state index is 11.3. The minimum Gasteiger partial charge on any atom is -0.338 e. The standard InChI is InChI=1S/C10H20N2O/c1-8(2)7-11-9(13)12-10(3)5-4-6-10/h8H,4-7H2,1-3H3,(H2,11,12,13). The Morgan fingerprint density at radius 1 is 1.46 bits per heavy atom. The molecule has 0 atom stereocenters. The highest BCUT2D eigenvalue weighted by molar-refractivity contribution is 5.74. The number of hydrogen-bond donors (Lipinski definition) is 2. The summed E-state index contributed by atoms with van der Waals surface area (Å²) in [6.45, 7) is 7.03. The molecule has 0 aromatic carbocycles. The zero-order valence-corrected chi connectivity index (χ0v) is 8.81. The molecule has 1 aliphatic carbocycles. The molecule has 0 saturated heterocycles. The second kappa shape index (κ2) is 3.99. The first kappa shape index (κ1) is 10.4. The number of urea groups is 1. The largest absolute Gasteiger partial charge is 0.338 e. The van der Waals surface area contributed by atoms with Crippen molar-refractivity contribution in [3.8, 4) is 0 Å². The van der Waals surface area contributed by atoms with Crippen molar-refractivity contribution in [2.75, 3.05) is 6.54 Å². The summed E-state index contributed by atoms with van der Waals surface area (Å²) in [6, 6.07) is -0.0177. The number of carbonyl (C=O) groups excluding carboxylic acids is 1. The molecule has 0 aliphatic heterocycles. The molecule has 0 spiro atoms. The van der Waals surface area contributed by atoms with Gasteiger partial charge in [0.25, 0.3) is 0 Å². The van der Waals surface area contributed by atoms with Gasteiger partial charge in [0.1, 0.15) is 0 Å². The van der Waals surface area contributed by atoms with Crippen molar-refractivity contribution in [3.63, 3.8) is 0 Å². The van der Waals surface area contributed by atoms with Crippen LogP contribution >= 0.6 is 0 Å². The topological polar surface area (TPSA) is 41.1 Å². The van der Waals surface area contributed by atoms with Gasteiger partial charge in [0, 0.05) is 12.1 Å². The van der Waals surface area contributed by atoms with Crippen LogP contribution in [-0.4, -0.2) is 18.1 Å². The van der Waals surface area contributed by atoms with Crippen molar-refractivity contribution in [1.29, 1.82) is 0 Å². The molecule has 0 heterocycles. The lowest BCUT2D eigenvalue weighted by Gasteiger charge is -2.39. The van der Waals surface area contributed by atoms with E-state index in [4.69, 9.17) is 0 Å². The molecule has 0 unspecified atom stereocenters. The fourth-order valence-electron chi connectivity index (χ4n) is 1.45. The van der Waals surface area contributed by atoms with Gasteiger partial charge in [0.15, 0.2) is 0 Å². The summed E-state index contributed by atoms with van der Waals surface area (Å²) in [5, 5.41) is 5.85. The average molecular weight is 184 g/mol. The summed E-state index contributed by atoms with van der Waals surface area (Å²) in [4.78, 5) is 11.3. The van der Waals surface area contributed by atoms with Crippen LogP contribution in [0.15, 0.2) is 0 Å². The molecule has 3 heteroatoms. The van der Waals surface area contributed by atoms with Gasteiger partial charge < -0.3 is 10.6 Å². The zero-order chi connectivity index (χ0) is 9.90. The van der Waals surface area contributed by atoms with Crippen molar-refractivity contribution in [2.24, 2.45) is 5.92 Å². The maximum Gasteiger partial charge on any atom is 0.315 e. The minimum atomic E-state index is -0.0177. The van der Waals surface area contributed by atoms with E-state index in [9.17, 15) is 4.79 Å². The summed E-state index contributed by atoms with van der Waals surface area (Å²) < 4.78 is 0. The van der Waals surface area contributed by atoms with Crippen LogP contribution in [-0.2, 0) is 0 Å². The SMILES string of the molecule is CC(C)CNC(=O)NC1(C)CCC1. The van der Waals surface area contributed by atoms with Gasteiger partial charge in [0.2, 0.25) is 0 Å². The Morgan fingerprint density at radius 3 is 2.46 bits per heavy atom. The fourth-order valence-corrected chi connectivity index (χ4v) is 1.45. The van der Waals surface area contributed by atoms with Gasteiger partial charge in [-0.1, -0.05) is 13.8 Å². The molecule has 0 aromatic rings. The van der Waals surface area contributed by atoms with Crippen molar-refractivity contribution < 1.29 is 4.79 Å². The number of carbonyl (C=O) groups is 1. The predicted octanol–water partition coefficient (Wildman–Crippen LogP) is 1.88. The Bertz CT molecular complexity index is 185. The van der Waals surface area contributed by atoms with E-state index in [1.807, 2.05) is 0 Å².